The van der Waals surface area contributed by atoms with E-state index in [1.54, 1.807) is 4.57 Å². The van der Waals surface area contributed by atoms with Crippen molar-refractivity contribution in [2.75, 3.05) is 18.0 Å². The van der Waals surface area contributed by atoms with Crippen LogP contribution in [0.3, 0.4) is 0 Å². The van der Waals surface area contributed by atoms with Crippen LogP contribution in [-0.2, 0) is 0 Å². The molecule has 132 valence electrons. The fourth-order valence-electron chi connectivity index (χ4n) is 3.42. The lowest BCUT2D eigenvalue weighted by atomic mass is 10.1. The number of carboxylic acid groups (broad SMARTS) is 1. The number of halogens is 2. The zero-order valence-corrected chi connectivity index (χ0v) is 13.2. The molecular formula is C17H16F2N2O4. The summed E-state index contributed by atoms with van der Waals surface area (Å²) in [7, 11) is 0. The van der Waals surface area contributed by atoms with E-state index in [4.69, 9.17) is 0 Å². The van der Waals surface area contributed by atoms with Gasteiger partial charge >= 0.3 is 5.97 Å². The fourth-order valence-corrected chi connectivity index (χ4v) is 3.42. The van der Waals surface area contributed by atoms with Gasteiger partial charge < -0.3 is 19.7 Å². The number of β-amino-alcohol motifs (C(OH)–C–C–N with tert-alkyl or cyclic N) is 1. The second-order valence-electron chi connectivity index (χ2n) is 6.62. The number of nitrogens with zero attached hydrogens (tertiary/aromatic N) is 2. The van der Waals surface area contributed by atoms with E-state index in [9.17, 15) is 28.6 Å². The van der Waals surface area contributed by atoms with Crippen LogP contribution in [0.4, 0.5) is 14.5 Å². The molecular weight excluding hydrogens is 334 g/mol. The molecule has 6 nitrogen and oxygen atoms in total. The Bertz CT molecular complexity index is 952. The number of aromatic nitrogens is 1. The average molecular weight is 350 g/mol. The number of pyridine rings is 1. The fraction of sp³-hybridized carbons (Fsp3) is 0.412. The molecule has 25 heavy (non-hydrogen) atoms. The quantitative estimate of drug-likeness (QED) is 0.883. The number of aliphatic hydroxyl groups is 1. The summed E-state index contributed by atoms with van der Waals surface area (Å²) in [4.78, 5) is 25.2. The van der Waals surface area contributed by atoms with Crippen LogP contribution in [0.2, 0.25) is 0 Å². The number of benzene rings is 1. The minimum atomic E-state index is -1.46. The van der Waals surface area contributed by atoms with Crippen LogP contribution in [-0.4, -0.2) is 39.9 Å². The molecule has 2 heterocycles. The highest BCUT2D eigenvalue weighted by molar-refractivity contribution is 5.94. The minimum absolute atomic E-state index is 0.0153. The Balaban J connectivity index is 2.02. The highest BCUT2D eigenvalue weighted by Gasteiger charge is 2.31. The van der Waals surface area contributed by atoms with Gasteiger partial charge in [0, 0.05) is 25.3 Å². The van der Waals surface area contributed by atoms with Gasteiger partial charge in [0.05, 0.1) is 22.7 Å². The summed E-state index contributed by atoms with van der Waals surface area (Å²) < 4.78 is 30.8. The summed E-state index contributed by atoms with van der Waals surface area (Å²) in [6, 6.07) is 1.36. The van der Waals surface area contributed by atoms with Gasteiger partial charge in [0.2, 0.25) is 5.43 Å². The molecule has 0 bridgehead atoms. The molecule has 2 N–H and O–H groups in total. The number of anilines is 1. The largest absolute Gasteiger partial charge is 0.477 e. The number of hydrogen-bond acceptors (Lipinski definition) is 4. The van der Waals surface area contributed by atoms with E-state index >= 15 is 0 Å². The number of aromatic carboxylic acids is 1. The Morgan fingerprint density at radius 3 is 2.48 bits per heavy atom. The van der Waals surface area contributed by atoms with E-state index in [2.05, 4.69) is 0 Å². The highest BCUT2D eigenvalue weighted by Crippen LogP contribution is 2.39. The van der Waals surface area contributed by atoms with Gasteiger partial charge in [-0.3, -0.25) is 4.79 Å². The van der Waals surface area contributed by atoms with Gasteiger partial charge in [-0.25, -0.2) is 13.6 Å². The second-order valence-corrected chi connectivity index (χ2v) is 6.62. The zero-order valence-electron chi connectivity index (χ0n) is 13.2. The molecule has 2 aliphatic rings. The maximum absolute atomic E-state index is 14.7. The summed E-state index contributed by atoms with van der Waals surface area (Å²) >= 11 is 0. The van der Waals surface area contributed by atoms with E-state index in [1.807, 2.05) is 0 Å². The molecule has 1 saturated carbocycles. The number of fused-ring (bicyclic) bond motifs is 1. The van der Waals surface area contributed by atoms with E-state index in [-0.39, 0.29) is 23.8 Å². The third-order valence-corrected chi connectivity index (χ3v) is 4.86. The van der Waals surface area contributed by atoms with Crippen molar-refractivity contribution in [3.05, 3.63) is 39.7 Å². The summed E-state index contributed by atoms with van der Waals surface area (Å²) in [6.45, 7) is 0.562. The van der Waals surface area contributed by atoms with Gasteiger partial charge in [-0.1, -0.05) is 0 Å². The lowest BCUT2D eigenvalue weighted by Crippen LogP contribution is -2.25. The average Bonchev–Trinajstić information content (AvgIpc) is 3.31. The van der Waals surface area contributed by atoms with Crippen LogP contribution in [0.25, 0.3) is 10.9 Å². The Labute approximate surface area is 140 Å². The van der Waals surface area contributed by atoms with Gasteiger partial charge in [0.25, 0.3) is 0 Å². The van der Waals surface area contributed by atoms with Crippen LogP contribution in [0, 0.1) is 11.6 Å². The molecule has 2 aromatic rings. The Morgan fingerprint density at radius 2 is 1.92 bits per heavy atom. The first-order chi connectivity index (χ1) is 11.9. The molecule has 1 aliphatic carbocycles. The normalized spacial score (nSPS) is 20.4. The monoisotopic (exact) mass is 350 g/mol. The number of hydrogen-bond donors (Lipinski definition) is 2. The van der Waals surface area contributed by atoms with Gasteiger partial charge in [0.15, 0.2) is 11.6 Å². The maximum atomic E-state index is 14.7. The molecule has 8 heteroatoms. The minimum Gasteiger partial charge on any atom is -0.477 e. The Morgan fingerprint density at radius 1 is 1.20 bits per heavy atom. The van der Waals surface area contributed by atoms with Gasteiger partial charge in [0.1, 0.15) is 5.56 Å². The van der Waals surface area contributed by atoms with Crippen molar-refractivity contribution in [1.82, 2.24) is 4.57 Å². The maximum Gasteiger partial charge on any atom is 0.341 e. The van der Waals surface area contributed by atoms with Crippen LogP contribution in [0.1, 0.15) is 35.7 Å². The smallest absolute Gasteiger partial charge is 0.341 e. The third-order valence-electron chi connectivity index (χ3n) is 4.86. The number of aliphatic hydroxyl groups excluding tert-OH is 1. The molecule has 0 spiro atoms. The summed E-state index contributed by atoms with van der Waals surface area (Å²) in [5, 5.41) is 18.3. The van der Waals surface area contributed by atoms with Crippen molar-refractivity contribution in [2.24, 2.45) is 0 Å². The van der Waals surface area contributed by atoms with E-state index in [0.29, 0.717) is 13.0 Å². The SMILES string of the molecule is O=C(O)c1cn(C2CC2)c2cc(N3CCC(O)C3)c(F)c(F)c2c1=O. The molecule has 1 unspecified atom stereocenters. The van der Waals surface area contributed by atoms with Crippen molar-refractivity contribution >= 4 is 22.6 Å². The molecule has 1 saturated heterocycles. The van der Waals surface area contributed by atoms with Gasteiger partial charge in [-0.05, 0) is 25.3 Å². The van der Waals surface area contributed by atoms with Crippen molar-refractivity contribution < 1.29 is 23.8 Å². The zero-order chi connectivity index (χ0) is 17.9. The van der Waals surface area contributed by atoms with Crippen molar-refractivity contribution in [3.8, 4) is 0 Å². The van der Waals surface area contributed by atoms with E-state index in [0.717, 1.165) is 12.8 Å². The topological polar surface area (TPSA) is 82.8 Å². The lowest BCUT2D eigenvalue weighted by Gasteiger charge is -2.21. The second kappa shape index (κ2) is 5.52. The summed E-state index contributed by atoms with van der Waals surface area (Å²) in [6.07, 6.45) is 2.62. The number of rotatable bonds is 3. The van der Waals surface area contributed by atoms with Crippen LogP contribution < -0.4 is 10.3 Å². The first-order valence-electron chi connectivity index (χ1n) is 8.11. The molecule has 0 amide bonds. The number of carboxylic acids is 1. The standard InChI is InChI=1S/C17H16F2N2O4/c18-14-12(20-4-3-9(22)6-20)5-11-13(15(14)19)16(23)10(17(24)25)7-21(11)8-1-2-8/h5,7-9,22H,1-4,6H2,(H,24,25). The Hall–Kier alpha value is -2.48. The van der Waals surface area contributed by atoms with E-state index < -0.39 is 40.1 Å². The molecule has 1 aliphatic heterocycles. The Kier molecular flexibility index (Phi) is 3.54. The van der Waals surface area contributed by atoms with Crippen molar-refractivity contribution in [1.29, 1.82) is 0 Å². The number of carbonyl (C=O) groups is 1. The van der Waals surface area contributed by atoms with Crippen molar-refractivity contribution in [2.45, 2.75) is 31.4 Å². The highest BCUT2D eigenvalue weighted by atomic mass is 19.2. The summed E-state index contributed by atoms with van der Waals surface area (Å²) in [5.41, 5.74) is -1.42. The van der Waals surface area contributed by atoms with Crippen LogP contribution in [0.5, 0.6) is 0 Å². The van der Waals surface area contributed by atoms with Gasteiger partial charge in [-0.15, -0.1) is 0 Å². The molecule has 1 aromatic carbocycles. The molecule has 4 rings (SSSR count). The molecule has 1 aromatic heterocycles. The summed E-state index contributed by atoms with van der Waals surface area (Å²) in [5.74, 6) is -3.99. The molecule has 0 radical (unpaired) electrons. The van der Waals surface area contributed by atoms with E-state index in [1.165, 1.54) is 17.2 Å². The van der Waals surface area contributed by atoms with Gasteiger partial charge in [-0.2, -0.15) is 0 Å². The predicted molar refractivity (Wildman–Crippen MR) is 86.2 cm³/mol. The first-order valence-corrected chi connectivity index (χ1v) is 8.11. The molecule has 1 atom stereocenters. The lowest BCUT2D eigenvalue weighted by molar-refractivity contribution is 0.0695. The van der Waals surface area contributed by atoms with Crippen LogP contribution >= 0.6 is 0 Å². The third kappa shape index (κ3) is 2.48. The van der Waals surface area contributed by atoms with Crippen molar-refractivity contribution in [3.63, 3.8) is 0 Å². The van der Waals surface area contributed by atoms with Crippen LogP contribution in [0.15, 0.2) is 17.1 Å². The predicted octanol–water partition coefficient (Wildman–Crippen LogP) is 1.88. The molecule has 2 fully saturated rings. The first kappa shape index (κ1) is 16.0.